The molecule has 0 aliphatic rings. The van der Waals surface area contributed by atoms with Gasteiger partial charge in [0.25, 0.3) is 5.91 Å². The molecule has 1 amide bonds. The number of aryl methyl sites for hydroxylation is 2. The van der Waals surface area contributed by atoms with Crippen molar-refractivity contribution in [3.63, 3.8) is 0 Å². The third-order valence-electron chi connectivity index (χ3n) is 3.60. The molecule has 0 unspecified atom stereocenters. The first-order chi connectivity index (χ1) is 12.7. The van der Waals surface area contributed by atoms with Gasteiger partial charge in [0.15, 0.2) is 5.82 Å². The number of anilines is 1. The maximum atomic E-state index is 14.6. The Morgan fingerprint density at radius 1 is 1.32 bits per heavy atom. The second-order valence-electron chi connectivity index (χ2n) is 5.93. The van der Waals surface area contributed by atoms with Crippen LogP contribution >= 0.6 is 11.6 Å². The quantitative estimate of drug-likeness (QED) is 0.550. The van der Waals surface area contributed by atoms with Crippen LogP contribution in [0.2, 0.25) is 5.15 Å². The first-order valence-corrected chi connectivity index (χ1v) is 9.48. The van der Waals surface area contributed by atoms with Crippen LogP contribution in [0.3, 0.4) is 0 Å². The Morgan fingerprint density at radius 2 is 1.93 bits per heavy atom. The normalized spacial score (nSPS) is 13.4. The number of rotatable bonds is 5. The molecule has 7 nitrogen and oxygen atoms in total. The largest absolute Gasteiger partial charge is 0.404 e. The zero-order chi connectivity index (χ0) is 21.4. The number of nitrogens with zero attached hydrogens (tertiary/aromatic N) is 2. The molecule has 0 aromatic carbocycles. The van der Waals surface area contributed by atoms with E-state index in [1.54, 1.807) is 6.92 Å². The van der Waals surface area contributed by atoms with Gasteiger partial charge >= 0.3 is 6.18 Å². The predicted molar refractivity (Wildman–Crippen MR) is 93.1 cm³/mol. The lowest BCUT2D eigenvalue weighted by atomic mass is 10.3. The number of hydrogen-bond acceptors (Lipinski definition) is 4. The van der Waals surface area contributed by atoms with E-state index in [9.17, 15) is 30.8 Å². The van der Waals surface area contributed by atoms with E-state index >= 15 is 0 Å². The van der Waals surface area contributed by atoms with Crippen LogP contribution in [-0.2, 0) is 17.1 Å². The maximum absolute atomic E-state index is 14.6. The van der Waals surface area contributed by atoms with Gasteiger partial charge in [0.1, 0.15) is 21.8 Å². The molecule has 2 heterocycles. The molecule has 154 valence electrons. The fourth-order valence-electron chi connectivity index (χ4n) is 2.27. The van der Waals surface area contributed by atoms with Gasteiger partial charge < -0.3 is 9.88 Å². The number of sulfonamides is 1. The SMILES string of the molecule is Cc1cc(NC(=O)c2c(F)c(S(=O)(=O)N[C@H](C)C(F)(F)F)cn2C)cc(Cl)n1. The maximum Gasteiger partial charge on any atom is 0.404 e. The van der Waals surface area contributed by atoms with Crippen LogP contribution in [0.4, 0.5) is 23.2 Å². The first-order valence-electron chi connectivity index (χ1n) is 7.61. The Hall–Kier alpha value is -2.18. The molecule has 2 aromatic rings. The number of carbonyl (C=O) groups is 1. The number of halogens is 5. The highest BCUT2D eigenvalue weighted by molar-refractivity contribution is 7.89. The van der Waals surface area contributed by atoms with Gasteiger partial charge in [0, 0.05) is 24.6 Å². The number of alkyl halides is 3. The molecule has 0 aliphatic carbocycles. The van der Waals surface area contributed by atoms with Crippen LogP contribution < -0.4 is 10.0 Å². The van der Waals surface area contributed by atoms with Crippen molar-refractivity contribution < 1.29 is 30.8 Å². The first kappa shape index (κ1) is 22.1. The van der Waals surface area contributed by atoms with Gasteiger partial charge in [-0.1, -0.05) is 11.6 Å². The summed E-state index contributed by atoms with van der Waals surface area (Å²) in [6.07, 6.45) is -4.16. The highest BCUT2D eigenvalue weighted by Crippen LogP contribution is 2.25. The van der Waals surface area contributed by atoms with Crippen LogP contribution in [-0.4, -0.2) is 36.1 Å². The fourth-order valence-corrected chi connectivity index (χ4v) is 3.88. The van der Waals surface area contributed by atoms with Gasteiger partial charge in [-0.15, -0.1) is 0 Å². The fraction of sp³-hybridized carbons (Fsp3) is 0.333. The summed E-state index contributed by atoms with van der Waals surface area (Å²) in [4.78, 5) is 15.2. The van der Waals surface area contributed by atoms with E-state index in [-0.39, 0.29) is 10.8 Å². The number of hydrogen-bond donors (Lipinski definition) is 2. The third kappa shape index (κ3) is 4.80. The van der Waals surface area contributed by atoms with Gasteiger partial charge in [0.2, 0.25) is 10.0 Å². The summed E-state index contributed by atoms with van der Waals surface area (Å²) in [6, 6.07) is 0.281. The monoisotopic (exact) mass is 442 g/mol. The molecule has 2 rings (SSSR count). The van der Waals surface area contributed by atoms with E-state index in [1.165, 1.54) is 23.9 Å². The summed E-state index contributed by atoms with van der Waals surface area (Å²) in [7, 11) is -3.70. The molecule has 0 saturated carbocycles. The zero-order valence-corrected chi connectivity index (χ0v) is 16.3. The molecule has 1 atom stereocenters. The average Bonchev–Trinajstić information content (AvgIpc) is 2.80. The van der Waals surface area contributed by atoms with Gasteiger partial charge in [-0.25, -0.2) is 17.8 Å². The minimum atomic E-state index is -4.87. The summed E-state index contributed by atoms with van der Waals surface area (Å²) < 4.78 is 78.9. The second-order valence-corrected chi connectivity index (χ2v) is 8.00. The Kier molecular flexibility index (Phi) is 6.07. The topological polar surface area (TPSA) is 93.1 Å². The molecule has 0 fully saturated rings. The molecule has 0 saturated heterocycles. The molecular formula is C15H15ClF4N4O3S. The molecule has 0 aliphatic heterocycles. The van der Waals surface area contributed by atoms with E-state index in [2.05, 4.69) is 10.3 Å². The summed E-state index contributed by atoms with van der Waals surface area (Å²) in [5, 5.41) is 2.40. The summed E-state index contributed by atoms with van der Waals surface area (Å²) in [5.41, 5.74) is -0.0503. The van der Waals surface area contributed by atoms with Crippen molar-refractivity contribution in [2.45, 2.75) is 31.0 Å². The van der Waals surface area contributed by atoms with Crippen LogP contribution in [0.1, 0.15) is 23.1 Å². The zero-order valence-electron chi connectivity index (χ0n) is 14.7. The number of pyridine rings is 1. The van der Waals surface area contributed by atoms with Crippen molar-refractivity contribution in [2.24, 2.45) is 7.05 Å². The lowest BCUT2D eigenvalue weighted by molar-refractivity contribution is -0.147. The van der Waals surface area contributed by atoms with Crippen LogP contribution in [0.15, 0.2) is 23.2 Å². The Bertz CT molecular complexity index is 1000. The van der Waals surface area contributed by atoms with E-state index in [1.807, 2.05) is 0 Å². The van der Waals surface area contributed by atoms with Crippen molar-refractivity contribution in [1.82, 2.24) is 14.3 Å². The Labute approximate surface area is 162 Å². The van der Waals surface area contributed by atoms with Crippen molar-refractivity contribution in [2.75, 3.05) is 5.32 Å². The molecular weight excluding hydrogens is 428 g/mol. The number of carbonyl (C=O) groups excluding carboxylic acids is 1. The van der Waals surface area contributed by atoms with Crippen LogP contribution in [0.25, 0.3) is 0 Å². The summed E-state index contributed by atoms with van der Waals surface area (Å²) >= 11 is 5.77. The molecule has 28 heavy (non-hydrogen) atoms. The van der Waals surface area contributed by atoms with Gasteiger partial charge in [-0.05, 0) is 26.0 Å². The van der Waals surface area contributed by atoms with Crippen molar-refractivity contribution in [3.8, 4) is 0 Å². The van der Waals surface area contributed by atoms with E-state index in [4.69, 9.17) is 11.6 Å². The number of aromatic nitrogens is 2. The molecule has 0 spiro atoms. The van der Waals surface area contributed by atoms with Gasteiger partial charge in [-0.2, -0.15) is 17.9 Å². The van der Waals surface area contributed by atoms with Gasteiger partial charge in [-0.3, -0.25) is 4.79 Å². The minimum Gasteiger partial charge on any atom is -0.343 e. The van der Waals surface area contributed by atoms with Crippen molar-refractivity contribution in [3.05, 3.63) is 40.7 Å². The number of amides is 1. The second kappa shape index (κ2) is 7.68. The van der Waals surface area contributed by atoms with E-state index in [0.29, 0.717) is 18.8 Å². The van der Waals surface area contributed by atoms with Crippen molar-refractivity contribution in [1.29, 1.82) is 0 Å². The smallest absolute Gasteiger partial charge is 0.343 e. The number of nitrogens with one attached hydrogen (secondary N) is 2. The highest BCUT2D eigenvalue weighted by atomic mass is 35.5. The summed E-state index contributed by atoms with van der Waals surface area (Å²) in [6.45, 7) is 2.17. The third-order valence-corrected chi connectivity index (χ3v) is 5.32. The van der Waals surface area contributed by atoms with E-state index < -0.39 is 44.6 Å². The lowest BCUT2D eigenvalue weighted by Crippen LogP contribution is -2.43. The average molecular weight is 443 g/mol. The highest BCUT2D eigenvalue weighted by Gasteiger charge is 2.40. The lowest BCUT2D eigenvalue weighted by Gasteiger charge is -2.16. The van der Waals surface area contributed by atoms with Crippen LogP contribution in [0, 0.1) is 12.7 Å². The molecule has 0 bridgehead atoms. The van der Waals surface area contributed by atoms with Crippen LogP contribution in [0.5, 0.6) is 0 Å². The standard InChI is InChI=1S/C15H15ClF4N4O3S/c1-7-4-9(5-11(16)21-7)22-14(25)13-12(17)10(6-24(13)3)28(26,27)23-8(2)15(18,19)20/h4-6,8,23H,1-3H3,(H,21,22,25)/t8-/m1/s1. The summed E-state index contributed by atoms with van der Waals surface area (Å²) in [5.74, 6) is -2.51. The van der Waals surface area contributed by atoms with E-state index in [0.717, 1.165) is 4.57 Å². The van der Waals surface area contributed by atoms with Gasteiger partial charge in [0.05, 0.1) is 0 Å². The molecule has 13 heteroatoms. The Morgan fingerprint density at radius 3 is 2.46 bits per heavy atom. The minimum absolute atomic E-state index is 0.0660. The predicted octanol–water partition coefficient (Wildman–Crippen LogP) is 3.00. The molecule has 2 aromatic heterocycles. The Balaban J connectivity index is 2.36. The molecule has 2 N–H and O–H groups in total. The molecule has 0 radical (unpaired) electrons. The van der Waals surface area contributed by atoms with Crippen molar-refractivity contribution >= 4 is 33.2 Å².